The van der Waals surface area contributed by atoms with Crippen LogP contribution in [0.1, 0.15) is 31.2 Å². The van der Waals surface area contributed by atoms with Crippen molar-refractivity contribution in [3.05, 3.63) is 35.9 Å². The Hall–Kier alpha value is -1.45. The number of hydrogen-bond donors (Lipinski definition) is 0. The van der Waals surface area contributed by atoms with Crippen LogP contribution in [0.2, 0.25) is 0 Å². The lowest BCUT2D eigenvalue weighted by molar-refractivity contribution is -0.194. The summed E-state index contributed by atoms with van der Waals surface area (Å²) in [5.41, 5.74) is -0.614. The molecule has 4 heteroatoms. The number of carbonyl (C=O) groups excluding carboxylic acids is 1. The SMILES string of the molecule is O=C1CCC2(CC[C@H](Cc3ccccc3)C2(F)F)O1. The Morgan fingerprint density at radius 3 is 2.58 bits per heavy atom. The van der Waals surface area contributed by atoms with Crippen LogP contribution in [0.4, 0.5) is 8.78 Å². The van der Waals surface area contributed by atoms with Crippen molar-refractivity contribution in [3.8, 4) is 0 Å². The maximum Gasteiger partial charge on any atom is 0.306 e. The highest BCUT2D eigenvalue weighted by molar-refractivity contribution is 5.72. The molecule has 0 amide bonds. The number of carbonyl (C=O) groups is 1. The Morgan fingerprint density at radius 1 is 1.21 bits per heavy atom. The Labute approximate surface area is 110 Å². The van der Waals surface area contributed by atoms with Crippen molar-refractivity contribution in [1.29, 1.82) is 0 Å². The van der Waals surface area contributed by atoms with E-state index in [0.717, 1.165) is 5.56 Å². The van der Waals surface area contributed by atoms with Crippen LogP contribution in [0.15, 0.2) is 30.3 Å². The van der Waals surface area contributed by atoms with E-state index in [1.165, 1.54) is 0 Å². The minimum Gasteiger partial charge on any atom is -0.453 e. The summed E-state index contributed by atoms with van der Waals surface area (Å²) in [5.74, 6) is -4.14. The van der Waals surface area contributed by atoms with E-state index in [4.69, 9.17) is 4.74 Å². The number of rotatable bonds is 2. The predicted molar refractivity (Wildman–Crippen MR) is 65.9 cm³/mol. The summed E-state index contributed by atoms with van der Waals surface area (Å²) in [7, 11) is 0. The average Bonchev–Trinajstić information content (AvgIpc) is 2.88. The van der Waals surface area contributed by atoms with Gasteiger partial charge in [0.05, 0.1) is 0 Å². The first-order valence-corrected chi connectivity index (χ1v) is 6.67. The van der Waals surface area contributed by atoms with Crippen molar-refractivity contribution in [2.24, 2.45) is 5.92 Å². The van der Waals surface area contributed by atoms with Crippen molar-refractivity contribution in [2.45, 2.75) is 43.6 Å². The number of benzene rings is 1. The van der Waals surface area contributed by atoms with Crippen molar-refractivity contribution >= 4 is 5.97 Å². The third kappa shape index (κ3) is 1.94. The van der Waals surface area contributed by atoms with Gasteiger partial charge in [-0.3, -0.25) is 4.79 Å². The van der Waals surface area contributed by atoms with E-state index in [0.29, 0.717) is 12.8 Å². The molecule has 1 aliphatic carbocycles. The number of halogens is 2. The van der Waals surface area contributed by atoms with Gasteiger partial charge in [0.25, 0.3) is 5.92 Å². The van der Waals surface area contributed by atoms with Crippen LogP contribution in [0.3, 0.4) is 0 Å². The fraction of sp³-hybridized carbons (Fsp3) is 0.533. The first-order valence-electron chi connectivity index (χ1n) is 6.67. The highest BCUT2D eigenvalue weighted by Crippen LogP contribution is 2.55. The lowest BCUT2D eigenvalue weighted by Crippen LogP contribution is -2.46. The average molecular weight is 266 g/mol. The predicted octanol–water partition coefficient (Wildman–Crippen LogP) is 3.35. The van der Waals surface area contributed by atoms with Gasteiger partial charge in [-0.1, -0.05) is 30.3 Å². The molecule has 0 aromatic heterocycles. The second kappa shape index (κ2) is 4.29. The van der Waals surface area contributed by atoms with E-state index in [2.05, 4.69) is 0 Å². The van der Waals surface area contributed by atoms with Crippen LogP contribution in [0, 0.1) is 5.92 Å². The summed E-state index contributed by atoms with van der Waals surface area (Å²) in [5, 5.41) is 0. The number of ether oxygens (including phenoxy) is 1. The molecule has 2 atom stereocenters. The molecular weight excluding hydrogens is 250 g/mol. The zero-order valence-electron chi connectivity index (χ0n) is 10.6. The van der Waals surface area contributed by atoms with E-state index in [1.807, 2.05) is 30.3 Å². The van der Waals surface area contributed by atoms with Crippen LogP contribution < -0.4 is 0 Å². The fourth-order valence-electron chi connectivity index (χ4n) is 3.29. The molecule has 1 aromatic carbocycles. The molecule has 2 nitrogen and oxygen atoms in total. The summed E-state index contributed by atoms with van der Waals surface area (Å²) in [6, 6.07) is 9.31. The molecule has 19 heavy (non-hydrogen) atoms. The van der Waals surface area contributed by atoms with Crippen molar-refractivity contribution in [1.82, 2.24) is 0 Å². The minimum absolute atomic E-state index is 0.119. The topological polar surface area (TPSA) is 26.3 Å². The third-order valence-electron chi connectivity index (χ3n) is 4.38. The van der Waals surface area contributed by atoms with Crippen LogP contribution in [-0.4, -0.2) is 17.5 Å². The molecule has 1 aromatic rings. The summed E-state index contributed by atoms with van der Waals surface area (Å²) in [6.07, 6.45) is 1.31. The van der Waals surface area contributed by atoms with Crippen LogP contribution in [0.25, 0.3) is 0 Å². The zero-order valence-corrected chi connectivity index (χ0v) is 10.6. The van der Waals surface area contributed by atoms with E-state index in [-0.39, 0.29) is 19.3 Å². The van der Waals surface area contributed by atoms with E-state index < -0.39 is 23.4 Å². The van der Waals surface area contributed by atoms with Crippen LogP contribution in [0.5, 0.6) is 0 Å². The van der Waals surface area contributed by atoms with Gasteiger partial charge < -0.3 is 4.74 Å². The fourth-order valence-corrected chi connectivity index (χ4v) is 3.29. The van der Waals surface area contributed by atoms with Crippen LogP contribution in [-0.2, 0) is 16.0 Å². The van der Waals surface area contributed by atoms with Gasteiger partial charge in [0.1, 0.15) is 0 Å². The normalized spacial score (nSPS) is 32.7. The third-order valence-corrected chi connectivity index (χ3v) is 4.38. The van der Waals surface area contributed by atoms with Gasteiger partial charge >= 0.3 is 5.97 Å². The summed E-state index contributed by atoms with van der Waals surface area (Å²) in [6.45, 7) is 0. The van der Waals surface area contributed by atoms with Gasteiger partial charge in [-0.2, -0.15) is 0 Å². The molecule has 1 heterocycles. The van der Waals surface area contributed by atoms with Gasteiger partial charge in [-0.15, -0.1) is 0 Å². The van der Waals surface area contributed by atoms with Gasteiger partial charge in [0, 0.05) is 18.8 Å². The smallest absolute Gasteiger partial charge is 0.306 e. The molecule has 1 saturated carbocycles. The molecule has 1 saturated heterocycles. The number of esters is 1. The highest BCUT2D eigenvalue weighted by atomic mass is 19.3. The Morgan fingerprint density at radius 2 is 1.95 bits per heavy atom. The molecular formula is C15H16F2O2. The first kappa shape index (κ1) is 12.6. The molecule has 102 valence electrons. The Kier molecular flexibility index (Phi) is 2.84. The Bertz CT molecular complexity index is 486. The van der Waals surface area contributed by atoms with E-state index in [9.17, 15) is 13.6 Å². The molecule has 2 aliphatic rings. The quantitative estimate of drug-likeness (QED) is 0.767. The van der Waals surface area contributed by atoms with Gasteiger partial charge in [0.2, 0.25) is 0 Å². The van der Waals surface area contributed by atoms with Crippen LogP contribution >= 0.6 is 0 Å². The second-order valence-electron chi connectivity index (χ2n) is 5.52. The molecule has 2 fully saturated rings. The monoisotopic (exact) mass is 266 g/mol. The van der Waals surface area contributed by atoms with Gasteiger partial charge in [0.15, 0.2) is 5.60 Å². The largest absolute Gasteiger partial charge is 0.453 e. The zero-order chi connectivity index (χ0) is 13.5. The van der Waals surface area contributed by atoms with E-state index >= 15 is 0 Å². The lowest BCUT2D eigenvalue weighted by Gasteiger charge is -2.32. The lowest BCUT2D eigenvalue weighted by atomic mass is 9.89. The summed E-state index contributed by atoms with van der Waals surface area (Å²) < 4.78 is 34.1. The minimum atomic E-state index is -2.92. The Balaban J connectivity index is 1.80. The van der Waals surface area contributed by atoms with Crippen molar-refractivity contribution in [3.63, 3.8) is 0 Å². The van der Waals surface area contributed by atoms with Gasteiger partial charge in [-0.05, 0) is 24.8 Å². The maximum absolute atomic E-state index is 14.6. The maximum atomic E-state index is 14.6. The molecule has 0 N–H and O–H groups in total. The molecule has 1 aliphatic heterocycles. The van der Waals surface area contributed by atoms with Crippen molar-refractivity contribution < 1.29 is 18.3 Å². The van der Waals surface area contributed by atoms with E-state index in [1.54, 1.807) is 0 Å². The highest BCUT2D eigenvalue weighted by Gasteiger charge is 2.66. The molecule has 1 unspecified atom stereocenters. The number of alkyl halides is 2. The molecule has 3 rings (SSSR count). The first-order chi connectivity index (χ1) is 9.03. The number of hydrogen-bond acceptors (Lipinski definition) is 2. The standard InChI is InChI=1S/C15H16F2O2/c16-15(17)12(10-11-4-2-1-3-5-11)6-8-14(15)9-7-13(18)19-14/h1-5,12H,6-10H2/t12-,14?/m1/s1. The molecule has 1 spiro atoms. The van der Waals surface area contributed by atoms with Crippen molar-refractivity contribution in [2.75, 3.05) is 0 Å². The second-order valence-corrected chi connectivity index (χ2v) is 5.52. The summed E-state index contributed by atoms with van der Waals surface area (Å²) >= 11 is 0. The molecule has 0 radical (unpaired) electrons. The summed E-state index contributed by atoms with van der Waals surface area (Å²) in [4.78, 5) is 11.2. The van der Waals surface area contributed by atoms with Gasteiger partial charge in [-0.25, -0.2) is 8.78 Å². The molecule has 0 bridgehead atoms.